The van der Waals surface area contributed by atoms with Gasteiger partial charge in [-0.1, -0.05) is 6.92 Å². The number of aryl methyl sites for hydroxylation is 1. The molecule has 16 heavy (non-hydrogen) atoms. The van der Waals surface area contributed by atoms with Gasteiger partial charge in [0, 0.05) is 4.88 Å². The van der Waals surface area contributed by atoms with E-state index in [1.54, 1.807) is 11.3 Å². The van der Waals surface area contributed by atoms with Crippen LogP contribution in [0.5, 0.6) is 0 Å². The highest BCUT2D eigenvalue weighted by Crippen LogP contribution is 2.17. The zero-order valence-corrected chi connectivity index (χ0v) is 10.4. The van der Waals surface area contributed by atoms with Crippen LogP contribution in [0.2, 0.25) is 0 Å². The molecule has 0 aromatic carbocycles. The molecule has 3 nitrogen and oxygen atoms in total. The number of nitrogens with one attached hydrogen (secondary N) is 2. The van der Waals surface area contributed by atoms with Crippen LogP contribution < -0.4 is 10.6 Å². The van der Waals surface area contributed by atoms with Gasteiger partial charge in [-0.25, -0.2) is 0 Å². The lowest BCUT2D eigenvalue weighted by atomic mass is 10.2. The van der Waals surface area contributed by atoms with Crippen LogP contribution in [0, 0.1) is 0 Å². The molecule has 0 spiro atoms. The van der Waals surface area contributed by atoms with E-state index in [1.807, 2.05) is 0 Å². The number of carbonyl (C=O) groups is 1. The molecule has 2 rings (SSSR count). The molecule has 1 aromatic rings. The minimum absolute atomic E-state index is 0.0324. The van der Waals surface area contributed by atoms with Crippen molar-refractivity contribution in [3.63, 3.8) is 0 Å². The third-order valence-corrected chi connectivity index (χ3v) is 3.98. The molecule has 2 heterocycles. The van der Waals surface area contributed by atoms with Crippen LogP contribution in [0.4, 0.5) is 0 Å². The lowest BCUT2D eigenvalue weighted by molar-refractivity contribution is -0.122. The fourth-order valence-corrected chi connectivity index (χ4v) is 2.95. The fourth-order valence-electron chi connectivity index (χ4n) is 2.04. The van der Waals surface area contributed by atoms with Gasteiger partial charge >= 0.3 is 0 Å². The first-order chi connectivity index (χ1) is 7.81. The van der Waals surface area contributed by atoms with Crippen molar-refractivity contribution >= 4 is 17.2 Å². The van der Waals surface area contributed by atoms with Crippen LogP contribution in [0.25, 0.3) is 0 Å². The van der Waals surface area contributed by atoms with E-state index < -0.39 is 0 Å². The molecule has 1 unspecified atom stereocenters. The summed E-state index contributed by atoms with van der Waals surface area (Å²) in [5.74, 6) is 0.146. The van der Waals surface area contributed by atoms with Crippen molar-refractivity contribution in [3.05, 3.63) is 21.9 Å². The predicted octanol–water partition coefficient (Wildman–Crippen LogP) is 1.68. The van der Waals surface area contributed by atoms with Gasteiger partial charge in [-0.15, -0.1) is 11.3 Å². The van der Waals surface area contributed by atoms with Gasteiger partial charge in [0.1, 0.15) is 0 Å². The molecule has 1 atom stereocenters. The van der Waals surface area contributed by atoms with Crippen LogP contribution >= 0.6 is 11.3 Å². The molecule has 0 aliphatic carbocycles. The molecule has 1 fully saturated rings. The van der Waals surface area contributed by atoms with E-state index in [2.05, 4.69) is 29.0 Å². The van der Waals surface area contributed by atoms with E-state index in [9.17, 15) is 4.79 Å². The summed E-state index contributed by atoms with van der Waals surface area (Å²) < 4.78 is 0. The van der Waals surface area contributed by atoms with Crippen molar-refractivity contribution in [2.24, 2.45) is 0 Å². The number of rotatable bonds is 4. The average molecular weight is 238 g/mol. The predicted molar refractivity (Wildman–Crippen MR) is 66.6 cm³/mol. The largest absolute Gasteiger partial charge is 0.350 e. The highest BCUT2D eigenvalue weighted by molar-refractivity contribution is 7.10. The maximum absolute atomic E-state index is 11.8. The van der Waals surface area contributed by atoms with Crippen LogP contribution in [0.3, 0.4) is 0 Å². The molecule has 4 heteroatoms. The third kappa shape index (κ3) is 2.62. The first-order valence-corrected chi connectivity index (χ1v) is 6.75. The molecule has 0 bridgehead atoms. The van der Waals surface area contributed by atoms with E-state index in [-0.39, 0.29) is 11.9 Å². The molecule has 88 valence electrons. The Morgan fingerprint density at radius 1 is 1.69 bits per heavy atom. The first kappa shape index (κ1) is 11.6. The van der Waals surface area contributed by atoms with Crippen molar-refractivity contribution < 1.29 is 4.79 Å². The molecular formula is C12H18N2OS. The van der Waals surface area contributed by atoms with Gasteiger partial charge in [-0.05, 0) is 42.8 Å². The molecule has 1 saturated heterocycles. The zero-order valence-electron chi connectivity index (χ0n) is 9.58. The number of hydrogen-bond acceptors (Lipinski definition) is 3. The number of hydrogen-bond donors (Lipinski definition) is 2. The van der Waals surface area contributed by atoms with Crippen molar-refractivity contribution in [2.75, 3.05) is 6.54 Å². The second kappa shape index (κ2) is 5.46. The van der Waals surface area contributed by atoms with Crippen LogP contribution in [0.15, 0.2) is 11.4 Å². The smallest absolute Gasteiger partial charge is 0.237 e. The Kier molecular flexibility index (Phi) is 3.96. The van der Waals surface area contributed by atoms with Gasteiger partial charge in [0.15, 0.2) is 0 Å². The summed E-state index contributed by atoms with van der Waals surface area (Å²) in [4.78, 5) is 13.1. The van der Waals surface area contributed by atoms with Crippen molar-refractivity contribution in [1.82, 2.24) is 10.6 Å². The van der Waals surface area contributed by atoms with Crippen LogP contribution in [-0.4, -0.2) is 18.5 Å². The van der Waals surface area contributed by atoms with Gasteiger partial charge in [-0.2, -0.15) is 0 Å². The Labute approximate surface area is 100 Å². The molecule has 1 aliphatic heterocycles. The quantitative estimate of drug-likeness (QED) is 0.838. The van der Waals surface area contributed by atoms with Gasteiger partial charge in [0.25, 0.3) is 0 Å². The van der Waals surface area contributed by atoms with E-state index in [0.29, 0.717) is 6.54 Å². The van der Waals surface area contributed by atoms with Crippen LogP contribution in [-0.2, 0) is 17.8 Å². The molecule has 2 N–H and O–H groups in total. The van der Waals surface area contributed by atoms with E-state index >= 15 is 0 Å². The number of carbonyl (C=O) groups excluding carboxylic acids is 1. The highest BCUT2D eigenvalue weighted by atomic mass is 32.1. The standard InChI is InChI=1S/C12H18N2OS/c1-2-9-5-7-16-11(9)8-14-12(15)10-4-3-6-13-10/h5,7,10,13H,2-4,6,8H2,1H3,(H,14,15). The molecular weight excluding hydrogens is 220 g/mol. The summed E-state index contributed by atoms with van der Waals surface area (Å²) >= 11 is 1.72. The topological polar surface area (TPSA) is 41.1 Å². The minimum Gasteiger partial charge on any atom is -0.350 e. The average Bonchev–Trinajstić information content (AvgIpc) is 2.96. The van der Waals surface area contributed by atoms with Crippen molar-refractivity contribution in [1.29, 1.82) is 0 Å². The maximum Gasteiger partial charge on any atom is 0.237 e. The monoisotopic (exact) mass is 238 g/mol. The second-order valence-corrected chi connectivity index (χ2v) is 5.09. The molecule has 1 aliphatic rings. The summed E-state index contributed by atoms with van der Waals surface area (Å²) in [5.41, 5.74) is 1.35. The Morgan fingerprint density at radius 3 is 3.25 bits per heavy atom. The van der Waals surface area contributed by atoms with E-state index in [4.69, 9.17) is 0 Å². The molecule has 0 saturated carbocycles. The highest BCUT2D eigenvalue weighted by Gasteiger charge is 2.21. The summed E-state index contributed by atoms with van der Waals surface area (Å²) in [6, 6.07) is 2.17. The summed E-state index contributed by atoms with van der Waals surface area (Å²) in [5, 5.41) is 8.31. The zero-order chi connectivity index (χ0) is 11.4. The Hall–Kier alpha value is -0.870. The van der Waals surface area contributed by atoms with Gasteiger partial charge in [0.05, 0.1) is 12.6 Å². The van der Waals surface area contributed by atoms with Gasteiger partial charge in [0.2, 0.25) is 5.91 Å². The second-order valence-electron chi connectivity index (χ2n) is 4.09. The lowest BCUT2D eigenvalue weighted by Crippen LogP contribution is -2.39. The first-order valence-electron chi connectivity index (χ1n) is 5.87. The minimum atomic E-state index is 0.0324. The summed E-state index contributed by atoms with van der Waals surface area (Å²) in [7, 11) is 0. The third-order valence-electron chi connectivity index (χ3n) is 3.02. The summed E-state index contributed by atoms with van der Waals surface area (Å²) in [6.07, 6.45) is 3.12. The van der Waals surface area contributed by atoms with E-state index in [0.717, 1.165) is 25.8 Å². The lowest BCUT2D eigenvalue weighted by Gasteiger charge is -2.10. The Balaban J connectivity index is 1.84. The van der Waals surface area contributed by atoms with Gasteiger partial charge < -0.3 is 10.6 Å². The fraction of sp³-hybridized carbons (Fsp3) is 0.583. The summed E-state index contributed by atoms with van der Waals surface area (Å²) in [6.45, 7) is 3.79. The van der Waals surface area contributed by atoms with Gasteiger partial charge in [-0.3, -0.25) is 4.79 Å². The Morgan fingerprint density at radius 2 is 2.56 bits per heavy atom. The van der Waals surface area contributed by atoms with Crippen molar-refractivity contribution in [2.45, 2.75) is 38.8 Å². The van der Waals surface area contributed by atoms with E-state index in [1.165, 1.54) is 10.4 Å². The molecule has 0 radical (unpaired) electrons. The number of thiophene rings is 1. The maximum atomic E-state index is 11.8. The van der Waals surface area contributed by atoms with Crippen LogP contribution in [0.1, 0.15) is 30.2 Å². The molecule has 1 aromatic heterocycles. The Bertz CT molecular complexity index is 356. The van der Waals surface area contributed by atoms with Crippen molar-refractivity contribution in [3.8, 4) is 0 Å². The molecule has 1 amide bonds. The number of amides is 1. The normalized spacial score (nSPS) is 19.9. The SMILES string of the molecule is CCc1ccsc1CNC(=O)C1CCCN1.